The predicted octanol–water partition coefficient (Wildman–Crippen LogP) is 9.19. The standard InChI is InChI=1S/C16H12Br6/c1-3-4-9-14(20)7(2)15(21)13(16(9)22)12-10(18)5-8(17)6-11(12)19/h5-6H,3-4H2,1-2H3. The van der Waals surface area contributed by atoms with Crippen LogP contribution >= 0.6 is 95.6 Å². The van der Waals surface area contributed by atoms with E-state index in [0.29, 0.717) is 0 Å². The van der Waals surface area contributed by atoms with Gasteiger partial charge in [-0.2, -0.15) is 0 Å². The van der Waals surface area contributed by atoms with Crippen molar-refractivity contribution in [2.75, 3.05) is 0 Å². The van der Waals surface area contributed by atoms with E-state index >= 15 is 0 Å². The van der Waals surface area contributed by atoms with Gasteiger partial charge in [-0.25, -0.2) is 0 Å². The first-order valence-corrected chi connectivity index (χ1v) is 11.4. The molecule has 0 aliphatic carbocycles. The van der Waals surface area contributed by atoms with E-state index in [2.05, 4.69) is 122 Å². The van der Waals surface area contributed by atoms with E-state index in [1.807, 2.05) is 0 Å². The maximum Gasteiger partial charge on any atom is 0.0309 e. The van der Waals surface area contributed by atoms with E-state index in [9.17, 15) is 0 Å². The fraction of sp³-hybridized carbons (Fsp3) is 0.250. The summed E-state index contributed by atoms with van der Waals surface area (Å²) in [5.41, 5.74) is 4.81. The molecule has 0 N–H and O–H groups in total. The minimum absolute atomic E-state index is 1.02. The molecular weight excluding hydrogens is 672 g/mol. The van der Waals surface area contributed by atoms with Crippen molar-refractivity contribution in [1.82, 2.24) is 0 Å². The molecule has 0 bridgehead atoms. The highest BCUT2D eigenvalue weighted by atomic mass is 79.9. The van der Waals surface area contributed by atoms with Crippen molar-refractivity contribution in [3.8, 4) is 11.1 Å². The van der Waals surface area contributed by atoms with Gasteiger partial charge < -0.3 is 0 Å². The molecule has 0 radical (unpaired) electrons. The van der Waals surface area contributed by atoms with Crippen LogP contribution in [-0.4, -0.2) is 0 Å². The highest BCUT2D eigenvalue weighted by molar-refractivity contribution is 9.12. The molecule has 2 aromatic carbocycles. The third kappa shape index (κ3) is 3.77. The molecule has 0 atom stereocenters. The first-order valence-electron chi connectivity index (χ1n) is 6.60. The Balaban J connectivity index is 2.87. The predicted molar refractivity (Wildman–Crippen MR) is 117 cm³/mol. The molecule has 0 aliphatic rings. The van der Waals surface area contributed by atoms with Crippen LogP contribution in [0.5, 0.6) is 0 Å². The molecule has 2 aromatic rings. The van der Waals surface area contributed by atoms with E-state index < -0.39 is 0 Å². The zero-order valence-electron chi connectivity index (χ0n) is 11.8. The molecule has 6 heteroatoms. The Morgan fingerprint density at radius 1 is 0.773 bits per heavy atom. The molecule has 22 heavy (non-hydrogen) atoms. The molecule has 0 nitrogen and oxygen atoms in total. The van der Waals surface area contributed by atoms with Crippen molar-refractivity contribution in [3.63, 3.8) is 0 Å². The lowest BCUT2D eigenvalue weighted by molar-refractivity contribution is 0.909. The molecule has 0 amide bonds. The normalized spacial score (nSPS) is 11.1. The summed E-state index contributed by atoms with van der Waals surface area (Å²) in [6, 6.07) is 4.13. The van der Waals surface area contributed by atoms with Crippen LogP contribution < -0.4 is 0 Å². The minimum atomic E-state index is 1.02. The van der Waals surface area contributed by atoms with Gasteiger partial charge in [-0.15, -0.1) is 0 Å². The van der Waals surface area contributed by atoms with Gasteiger partial charge in [0.05, 0.1) is 0 Å². The van der Waals surface area contributed by atoms with Crippen LogP contribution in [0.15, 0.2) is 39.0 Å². The highest BCUT2D eigenvalue weighted by Crippen LogP contribution is 2.48. The third-order valence-electron chi connectivity index (χ3n) is 3.38. The number of benzene rings is 2. The smallest absolute Gasteiger partial charge is 0.0309 e. The van der Waals surface area contributed by atoms with Gasteiger partial charge in [-0.05, 0) is 68.5 Å². The van der Waals surface area contributed by atoms with Crippen molar-refractivity contribution in [2.45, 2.75) is 26.7 Å². The van der Waals surface area contributed by atoms with Gasteiger partial charge in [0.1, 0.15) is 0 Å². The second kappa shape index (κ2) is 8.13. The van der Waals surface area contributed by atoms with Crippen LogP contribution in [0.4, 0.5) is 0 Å². The lowest BCUT2D eigenvalue weighted by Crippen LogP contribution is -1.97. The Morgan fingerprint density at radius 2 is 1.32 bits per heavy atom. The molecule has 0 heterocycles. The monoisotopic (exact) mass is 678 g/mol. The molecule has 0 fully saturated rings. The number of hydrogen-bond donors (Lipinski definition) is 0. The van der Waals surface area contributed by atoms with E-state index in [0.717, 1.165) is 46.3 Å². The summed E-state index contributed by atoms with van der Waals surface area (Å²) in [6.07, 6.45) is 2.12. The van der Waals surface area contributed by atoms with Gasteiger partial charge in [0, 0.05) is 38.0 Å². The van der Waals surface area contributed by atoms with Crippen LogP contribution in [0.25, 0.3) is 11.1 Å². The fourth-order valence-corrected chi connectivity index (χ4v) is 7.76. The Bertz CT molecular complexity index is 713. The van der Waals surface area contributed by atoms with Gasteiger partial charge in [0.2, 0.25) is 0 Å². The average molecular weight is 684 g/mol. The molecule has 0 saturated heterocycles. The van der Waals surface area contributed by atoms with Crippen molar-refractivity contribution in [1.29, 1.82) is 0 Å². The Hall–Kier alpha value is 1.32. The summed E-state index contributed by atoms with van der Waals surface area (Å²) >= 11 is 22.3. The van der Waals surface area contributed by atoms with E-state index in [1.165, 1.54) is 15.6 Å². The molecular formula is C16H12Br6. The number of rotatable bonds is 3. The van der Waals surface area contributed by atoms with Crippen molar-refractivity contribution >= 4 is 95.6 Å². The van der Waals surface area contributed by atoms with Gasteiger partial charge in [0.15, 0.2) is 0 Å². The van der Waals surface area contributed by atoms with Gasteiger partial charge >= 0.3 is 0 Å². The zero-order valence-corrected chi connectivity index (χ0v) is 21.4. The van der Waals surface area contributed by atoms with E-state index in [-0.39, 0.29) is 0 Å². The summed E-state index contributed by atoms with van der Waals surface area (Å²) in [7, 11) is 0. The second-order valence-electron chi connectivity index (χ2n) is 4.91. The fourth-order valence-electron chi connectivity index (χ4n) is 2.32. The van der Waals surface area contributed by atoms with Crippen molar-refractivity contribution < 1.29 is 0 Å². The molecule has 0 spiro atoms. The van der Waals surface area contributed by atoms with Crippen LogP contribution in [0.2, 0.25) is 0 Å². The van der Waals surface area contributed by atoms with Gasteiger partial charge in [-0.1, -0.05) is 77.1 Å². The molecule has 2 rings (SSSR count). The van der Waals surface area contributed by atoms with Crippen LogP contribution in [0, 0.1) is 6.92 Å². The van der Waals surface area contributed by atoms with Gasteiger partial charge in [0.25, 0.3) is 0 Å². The quantitative estimate of drug-likeness (QED) is 0.303. The summed E-state index contributed by atoms with van der Waals surface area (Å²) < 4.78 is 6.50. The first kappa shape index (κ1) is 19.6. The maximum atomic E-state index is 3.83. The lowest BCUT2D eigenvalue weighted by Gasteiger charge is -2.19. The molecule has 0 aliphatic heterocycles. The van der Waals surface area contributed by atoms with Crippen molar-refractivity contribution in [2.24, 2.45) is 0 Å². The molecule has 0 aromatic heterocycles. The summed E-state index contributed by atoms with van der Waals surface area (Å²) in [4.78, 5) is 0. The lowest BCUT2D eigenvalue weighted by atomic mass is 9.98. The topological polar surface area (TPSA) is 0 Å². The highest BCUT2D eigenvalue weighted by Gasteiger charge is 2.22. The Morgan fingerprint density at radius 3 is 1.82 bits per heavy atom. The van der Waals surface area contributed by atoms with E-state index in [1.54, 1.807) is 0 Å². The second-order valence-corrected chi connectivity index (χ2v) is 9.92. The van der Waals surface area contributed by atoms with Crippen molar-refractivity contribution in [3.05, 3.63) is 50.1 Å². The summed E-state index contributed by atoms with van der Waals surface area (Å²) in [5, 5.41) is 0. The average Bonchev–Trinajstić information content (AvgIpc) is 2.44. The first-order chi connectivity index (χ1) is 10.3. The van der Waals surface area contributed by atoms with Crippen LogP contribution in [-0.2, 0) is 6.42 Å². The van der Waals surface area contributed by atoms with E-state index in [4.69, 9.17) is 0 Å². The van der Waals surface area contributed by atoms with Gasteiger partial charge in [-0.3, -0.25) is 0 Å². The largest absolute Gasteiger partial charge is 0.0651 e. The third-order valence-corrected chi connectivity index (χ3v) is 8.03. The van der Waals surface area contributed by atoms with Crippen LogP contribution in [0.3, 0.4) is 0 Å². The SMILES string of the molecule is CCCc1c(Br)c(C)c(Br)c(-c2c(Br)cc(Br)cc2Br)c1Br. The summed E-state index contributed by atoms with van der Waals surface area (Å²) in [5.74, 6) is 0. The minimum Gasteiger partial charge on any atom is -0.0651 e. The zero-order chi connectivity index (χ0) is 16.6. The molecule has 118 valence electrons. The Kier molecular flexibility index (Phi) is 7.26. The number of halogens is 6. The summed E-state index contributed by atoms with van der Waals surface area (Å²) in [6.45, 7) is 4.32. The molecule has 0 saturated carbocycles. The maximum absolute atomic E-state index is 3.83. The van der Waals surface area contributed by atoms with Crippen LogP contribution in [0.1, 0.15) is 24.5 Å². The Labute approximate surface area is 181 Å². The number of hydrogen-bond acceptors (Lipinski definition) is 0. The molecule has 0 unspecified atom stereocenters.